The molecule has 128 valence electrons. The van der Waals surface area contributed by atoms with Gasteiger partial charge in [0.1, 0.15) is 11.5 Å². The van der Waals surface area contributed by atoms with Crippen molar-refractivity contribution < 1.29 is 43.2 Å². The number of halogens is 6. The first kappa shape index (κ1) is 20.5. The summed E-state index contributed by atoms with van der Waals surface area (Å²) in [5.41, 5.74) is 0. The Bertz CT molecular complexity index is 469. The van der Waals surface area contributed by atoms with Gasteiger partial charge in [-0.2, -0.15) is 26.3 Å². The lowest BCUT2D eigenvalue weighted by Gasteiger charge is -2.08. The summed E-state index contributed by atoms with van der Waals surface area (Å²) in [7, 11) is -8.68. The van der Waals surface area contributed by atoms with Crippen molar-refractivity contribution in [2.45, 2.75) is 31.6 Å². The number of unbranched alkanes of at least 4 members (excludes halogenated alkanes) is 2. The smallest absolute Gasteiger partial charge is 0.228 e. The fourth-order valence-corrected chi connectivity index (χ4v) is 4.04. The second-order valence-electron chi connectivity index (χ2n) is 4.48. The van der Waals surface area contributed by atoms with Gasteiger partial charge in [-0.25, -0.2) is 16.8 Å². The van der Waals surface area contributed by atoms with Gasteiger partial charge in [-0.1, -0.05) is 6.42 Å². The fraction of sp³-hybridized carbons (Fsp3) is 1.00. The van der Waals surface area contributed by atoms with Crippen LogP contribution in [0.15, 0.2) is 0 Å². The van der Waals surface area contributed by atoms with Crippen LogP contribution in [0.25, 0.3) is 0 Å². The molecule has 0 aromatic heterocycles. The van der Waals surface area contributed by atoms with Crippen LogP contribution in [0.4, 0.5) is 26.3 Å². The van der Waals surface area contributed by atoms with Gasteiger partial charge < -0.3 is 0 Å². The highest BCUT2D eigenvalue weighted by Gasteiger charge is 2.35. The summed E-state index contributed by atoms with van der Waals surface area (Å²) >= 11 is 0. The van der Waals surface area contributed by atoms with E-state index in [0.29, 0.717) is 0 Å². The number of alkyl halides is 6. The topological polar surface area (TPSA) is 68.3 Å². The first-order valence-electron chi connectivity index (χ1n) is 5.66. The highest BCUT2D eigenvalue weighted by atomic mass is 32.2. The van der Waals surface area contributed by atoms with Crippen LogP contribution in [0.2, 0.25) is 0 Å². The number of rotatable bonds is 8. The van der Waals surface area contributed by atoms with Crippen LogP contribution < -0.4 is 0 Å². The van der Waals surface area contributed by atoms with Crippen molar-refractivity contribution in [3.63, 3.8) is 0 Å². The largest absolute Gasteiger partial charge is 0.402 e. The molecule has 0 saturated carbocycles. The molecule has 0 amide bonds. The molecule has 0 heterocycles. The zero-order valence-corrected chi connectivity index (χ0v) is 12.3. The van der Waals surface area contributed by atoms with Gasteiger partial charge in [-0.3, -0.25) is 0 Å². The Morgan fingerprint density at radius 1 is 0.571 bits per heavy atom. The zero-order chi connectivity index (χ0) is 16.9. The Morgan fingerprint density at radius 3 is 1.10 bits per heavy atom. The molecule has 4 nitrogen and oxygen atoms in total. The minimum absolute atomic E-state index is 0.0891. The van der Waals surface area contributed by atoms with Gasteiger partial charge in [0.15, 0.2) is 19.7 Å². The molecule has 0 spiro atoms. The maximum atomic E-state index is 11.9. The molecule has 0 saturated heterocycles. The molecule has 0 aliphatic rings. The molecule has 0 aromatic rings. The third kappa shape index (κ3) is 12.9. The van der Waals surface area contributed by atoms with E-state index < -0.39 is 55.0 Å². The predicted octanol–water partition coefficient (Wildman–Crippen LogP) is 2.11. The number of hydrogen-bond acceptors (Lipinski definition) is 4. The van der Waals surface area contributed by atoms with Crippen LogP contribution in [-0.4, -0.2) is 52.2 Å². The molecule has 0 rings (SSSR count). The van der Waals surface area contributed by atoms with E-state index in [2.05, 4.69) is 0 Å². The van der Waals surface area contributed by atoms with E-state index in [0.717, 1.165) is 0 Å². The molecule has 0 bridgehead atoms. The van der Waals surface area contributed by atoms with Crippen molar-refractivity contribution in [3.8, 4) is 0 Å². The monoisotopic (exact) mass is 364 g/mol. The maximum absolute atomic E-state index is 11.9. The van der Waals surface area contributed by atoms with Gasteiger partial charge in [-0.05, 0) is 12.8 Å². The van der Waals surface area contributed by atoms with Gasteiger partial charge in [0.2, 0.25) is 0 Å². The Morgan fingerprint density at radius 2 is 0.857 bits per heavy atom. The van der Waals surface area contributed by atoms with E-state index >= 15 is 0 Å². The molecule has 0 atom stereocenters. The minimum Gasteiger partial charge on any atom is -0.228 e. The summed E-state index contributed by atoms with van der Waals surface area (Å²) < 4.78 is 115. The summed E-state index contributed by atoms with van der Waals surface area (Å²) in [6.45, 7) is 0. The van der Waals surface area contributed by atoms with Crippen LogP contribution in [0.3, 0.4) is 0 Å². The minimum atomic E-state index is -4.85. The van der Waals surface area contributed by atoms with Crippen molar-refractivity contribution in [2.24, 2.45) is 0 Å². The van der Waals surface area contributed by atoms with E-state index in [1.54, 1.807) is 0 Å². The first-order valence-corrected chi connectivity index (χ1v) is 9.31. The molecule has 0 fully saturated rings. The lowest BCUT2D eigenvalue weighted by atomic mass is 10.3. The Balaban J connectivity index is 4.08. The molecule has 0 radical (unpaired) electrons. The van der Waals surface area contributed by atoms with E-state index in [1.807, 2.05) is 0 Å². The number of hydrogen-bond donors (Lipinski definition) is 0. The average molecular weight is 364 g/mol. The quantitative estimate of drug-likeness (QED) is 0.489. The third-order valence-electron chi connectivity index (χ3n) is 2.18. The lowest BCUT2D eigenvalue weighted by molar-refractivity contribution is -0.107. The molecule has 0 aliphatic heterocycles. The highest BCUT2D eigenvalue weighted by Crippen LogP contribution is 2.20. The predicted molar refractivity (Wildman–Crippen MR) is 63.3 cm³/mol. The van der Waals surface area contributed by atoms with E-state index in [9.17, 15) is 43.2 Å². The molecule has 12 heteroatoms. The number of sulfone groups is 2. The molecule has 0 N–H and O–H groups in total. The molecular weight excluding hydrogens is 350 g/mol. The van der Waals surface area contributed by atoms with E-state index in [4.69, 9.17) is 0 Å². The van der Waals surface area contributed by atoms with Crippen LogP contribution in [0.5, 0.6) is 0 Å². The van der Waals surface area contributed by atoms with Crippen molar-refractivity contribution in [1.29, 1.82) is 0 Å². The third-order valence-corrected chi connectivity index (χ3v) is 5.53. The van der Waals surface area contributed by atoms with Gasteiger partial charge in [-0.15, -0.1) is 0 Å². The summed E-state index contributed by atoms with van der Waals surface area (Å²) in [6, 6.07) is 0. The zero-order valence-electron chi connectivity index (χ0n) is 10.7. The average Bonchev–Trinajstić information content (AvgIpc) is 2.07. The SMILES string of the molecule is O=S(=O)(CCCCCS(=O)(=O)CC(F)(F)F)CC(F)(F)F. The van der Waals surface area contributed by atoms with Crippen LogP contribution >= 0.6 is 0 Å². The van der Waals surface area contributed by atoms with Crippen LogP contribution in [-0.2, 0) is 19.7 Å². The Labute approximate surface area is 118 Å². The molecule has 0 unspecified atom stereocenters. The van der Waals surface area contributed by atoms with E-state index in [1.165, 1.54) is 0 Å². The Hall–Kier alpha value is -0.520. The second kappa shape index (κ2) is 7.16. The van der Waals surface area contributed by atoms with Crippen molar-refractivity contribution in [1.82, 2.24) is 0 Å². The van der Waals surface area contributed by atoms with E-state index in [-0.39, 0.29) is 19.3 Å². The standard InChI is InChI=1S/C9H14F6O4S2/c10-8(11,12)6-20(16,17)4-2-1-3-5-21(18,19)7-9(13,14)15/h1-7H2. The van der Waals surface area contributed by atoms with Crippen molar-refractivity contribution in [2.75, 3.05) is 23.0 Å². The lowest BCUT2D eigenvalue weighted by Crippen LogP contribution is -2.25. The highest BCUT2D eigenvalue weighted by molar-refractivity contribution is 7.91. The summed E-state index contributed by atoms with van der Waals surface area (Å²) in [5, 5.41) is 0. The first-order chi connectivity index (χ1) is 9.12. The van der Waals surface area contributed by atoms with Gasteiger partial charge in [0.25, 0.3) is 0 Å². The normalized spacial score (nSPS) is 14.4. The van der Waals surface area contributed by atoms with Gasteiger partial charge in [0.05, 0.1) is 11.5 Å². The van der Waals surface area contributed by atoms with Crippen molar-refractivity contribution in [3.05, 3.63) is 0 Å². The summed E-state index contributed by atoms with van der Waals surface area (Å²) in [6.07, 6.45) is -10.3. The van der Waals surface area contributed by atoms with Crippen LogP contribution in [0.1, 0.15) is 19.3 Å². The molecular formula is C9H14F6O4S2. The summed E-state index contributed by atoms with van der Waals surface area (Å²) in [5.74, 6) is -5.50. The summed E-state index contributed by atoms with van der Waals surface area (Å²) in [4.78, 5) is 0. The molecule has 0 aliphatic carbocycles. The second-order valence-corrected chi connectivity index (χ2v) is 8.84. The van der Waals surface area contributed by atoms with Gasteiger partial charge in [0, 0.05) is 0 Å². The van der Waals surface area contributed by atoms with Crippen LogP contribution in [0, 0.1) is 0 Å². The Kier molecular flexibility index (Phi) is 6.98. The molecule has 0 aromatic carbocycles. The molecule has 21 heavy (non-hydrogen) atoms. The van der Waals surface area contributed by atoms with Crippen molar-refractivity contribution >= 4 is 19.7 Å². The fourth-order valence-electron chi connectivity index (χ4n) is 1.46. The maximum Gasteiger partial charge on any atom is 0.402 e. The van der Waals surface area contributed by atoms with Gasteiger partial charge >= 0.3 is 12.4 Å².